The van der Waals surface area contributed by atoms with Crippen LogP contribution in [0, 0.1) is 20.8 Å². The van der Waals surface area contributed by atoms with Crippen LogP contribution in [0.1, 0.15) is 93.7 Å². The molecule has 0 unspecified atom stereocenters. The highest BCUT2D eigenvalue weighted by Crippen LogP contribution is 2.27. The van der Waals surface area contributed by atoms with E-state index in [-0.39, 0.29) is 107 Å². The molecule has 18 nitrogen and oxygen atoms in total. The van der Waals surface area contributed by atoms with Gasteiger partial charge in [-0.1, -0.05) is 37.5 Å². The Bertz CT molecular complexity index is 2380. The number of nitrogens with zero attached hydrogens (tertiary/aromatic N) is 6. The van der Waals surface area contributed by atoms with Crippen LogP contribution < -0.4 is 33.0 Å². The van der Waals surface area contributed by atoms with Crippen molar-refractivity contribution in [2.75, 3.05) is 35.6 Å². The Morgan fingerprint density at radius 3 is 0.937 bits per heavy atom. The van der Waals surface area contributed by atoms with Gasteiger partial charge in [0.1, 0.15) is 0 Å². The van der Waals surface area contributed by atoms with Gasteiger partial charge >= 0.3 is 35.2 Å². The molecule has 18 heteroatoms. The van der Waals surface area contributed by atoms with Crippen LogP contribution in [-0.4, -0.2) is 83.9 Å². The molecule has 330 valence electrons. The molecule has 0 spiro atoms. The van der Waals surface area contributed by atoms with Crippen LogP contribution in [0.15, 0.2) is 69.0 Å². The number of amides is 9. The van der Waals surface area contributed by atoms with E-state index in [0.717, 1.165) is 47.7 Å². The number of likely N-dealkylation sites (tertiary alicyclic amines) is 3. The summed E-state index contributed by atoms with van der Waals surface area (Å²) in [6.45, 7) is 5.45. The van der Waals surface area contributed by atoms with Crippen LogP contribution in [0.2, 0.25) is 0 Å². The van der Waals surface area contributed by atoms with Crippen molar-refractivity contribution < 1.29 is 28.8 Å². The molecule has 3 aromatic carbocycles. The van der Waals surface area contributed by atoms with Crippen molar-refractivity contribution >= 4 is 52.9 Å². The highest BCUT2D eigenvalue weighted by atomic mass is 16.2. The number of urea groups is 3. The molecule has 63 heavy (non-hydrogen) atoms. The summed E-state index contributed by atoms with van der Waals surface area (Å²) in [5, 5.41) is 8.30. The number of carbonyl (C=O) groups is 6. The molecule has 4 heterocycles. The minimum absolute atomic E-state index is 0.0102. The van der Waals surface area contributed by atoms with Crippen LogP contribution in [0.4, 0.5) is 31.4 Å². The number of anilines is 3. The number of hydrogen-bond donors (Lipinski definition) is 3. The molecule has 3 saturated heterocycles. The smallest absolute Gasteiger partial charge is 0.307 e. The van der Waals surface area contributed by atoms with Gasteiger partial charge in [0.15, 0.2) is 0 Å². The van der Waals surface area contributed by atoms with E-state index in [2.05, 4.69) is 16.0 Å². The lowest BCUT2D eigenvalue weighted by atomic mass is 10.1. The summed E-state index contributed by atoms with van der Waals surface area (Å²) in [6, 6.07) is 11.7. The first-order valence-corrected chi connectivity index (χ1v) is 21.4. The molecule has 3 aliphatic rings. The molecule has 9 amide bonds. The van der Waals surface area contributed by atoms with Gasteiger partial charge in [0.2, 0.25) is 17.7 Å². The van der Waals surface area contributed by atoms with Crippen LogP contribution in [0.5, 0.6) is 0 Å². The lowest BCUT2D eigenvalue weighted by molar-refractivity contribution is -0.128. The summed E-state index contributed by atoms with van der Waals surface area (Å²) >= 11 is 0. The number of rotatable bonds is 6. The lowest BCUT2D eigenvalue weighted by Crippen LogP contribution is -2.53. The first-order chi connectivity index (χ1) is 30.3. The second kappa shape index (κ2) is 18.9. The fourth-order valence-corrected chi connectivity index (χ4v) is 8.31. The van der Waals surface area contributed by atoms with Gasteiger partial charge in [-0.25, -0.2) is 42.5 Å². The van der Waals surface area contributed by atoms with Crippen LogP contribution >= 0.6 is 0 Å². The van der Waals surface area contributed by atoms with Crippen molar-refractivity contribution in [2.45, 2.75) is 97.8 Å². The van der Waals surface area contributed by atoms with Gasteiger partial charge in [0.25, 0.3) is 0 Å². The monoisotopic (exact) mass is 861 g/mol. The Kier molecular flexibility index (Phi) is 13.2. The zero-order chi connectivity index (χ0) is 44.9. The van der Waals surface area contributed by atoms with Crippen LogP contribution in [0.25, 0.3) is 17.1 Å². The van der Waals surface area contributed by atoms with E-state index in [1.165, 1.54) is 36.4 Å². The highest BCUT2D eigenvalue weighted by molar-refractivity contribution is 6.03. The largest absolute Gasteiger partial charge is 0.345 e. The van der Waals surface area contributed by atoms with Gasteiger partial charge in [0, 0.05) is 56.0 Å². The lowest BCUT2D eigenvalue weighted by Gasteiger charge is -2.23. The van der Waals surface area contributed by atoms with E-state index in [0.29, 0.717) is 38.5 Å². The second-order valence-corrected chi connectivity index (χ2v) is 16.1. The standard InChI is InChI=1S/C45H51N9O9/c1-28-31(46-40(58)49-25-10-4-7-22-37(49)55)16-13-19-34(28)52-43(61)53(35-20-14-17-32(29(35)2)47-41(59)50-26-11-5-8-23-38(50)56)45(63)54(44(52)62)36-21-15-18-33(30(36)3)48-42(60)51-27-12-6-9-24-39(51)57/h13-21H,4-12,22-27H2,1-3H3,(H,46,58)(H,47,59)(H,48,60). The van der Waals surface area contributed by atoms with E-state index in [9.17, 15) is 43.2 Å². The molecule has 0 bridgehead atoms. The van der Waals surface area contributed by atoms with Crippen molar-refractivity contribution in [3.05, 3.63) is 103 Å². The molecule has 3 fully saturated rings. The van der Waals surface area contributed by atoms with Gasteiger partial charge in [0.05, 0.1) is 17.1 Å². The van der Waals surface area contributed by atoms with Gasteiger partial charge in [-0.2, -0.15) is 0 Å². The SMILES string of the molecule is Cc1c(NC(=O)N2CCCCCC2=O)cccc1-n1c(=O)n(-c2cccc(NC(=O)N3CCCCCC3=O)c2C)c(=O)n(-c2cccc(NC(=O)N3CCCCCC3=O)c2C)c1=O. The average molecular weight is 862 g/mol. The highest BCUT2D eigenvalue weighted by Gasteiger charge is 2.29. The minimum atomic E-state index is -1.08. The second-order valence-electron chi connectivity index (χ2n) is 16.1. The molecule has 1 aromatic heterocycles. The molecule has 0 radical (unpaired) electrons. The molecule has 3 N–H and O–H groups in total. The number of aromatic nitrogens is 3. The van der Waals surface area contributed by atoms with Gasteiger partial charge in [-0.3, -0.25) is 29.1 Å². The van der Waals surface area contributed by atoms with Crippen LogP contribution in [0.3, 0.4) is 0 Å². The maximum Gasteiger partial charge on any atom is 0.345 e. The summed E-state index contributed by atoms with van der Waals surface area (Å²) in [4.78, 5) is 127. The fourth-order valence-electron chi connectivity index (χ4n) is 8.31. The third-order valence-electron chi connectivity index (χ3n) is 12.0. The van der Waals surface area contributed by atoms with Crippen LogP contribution in [-0.2, 0) is 14.4 Å². The van der Waals surface area contributed by atoms with Crippen molar-refractivity contribution in [1.29, 1.82) is 0 Å². The molecule has 4 aromatic rings. The zero-order valence-corrected chi connectivity index (χ0v) is 35.7. The van der Waals surface area contributed by atoms with E-state index in [1.807, 2.05) is 0 Å². The predicted octanol–water partition coefficient (Wildman–Crippen LogP) is 5.87. The van der Waals surface area contributed by atoms with E-state index in [4.69, 9.17) is 0 Å². The topological polar surface area (TPSA) is 214 Å². The number of nitrogens with one attached hydrogen (secondary N) is 3. The summed E-state index contributed by atoms with van der Waals surface area (Å²) in [7, 11) is 0. The Hall–Kier alpha value is -7.11. The molecular weight excluding hydrogens is 811 g/mol. The first-order valence-electron chi connectivity index (χ1n) is 21.4. The third-order valence-corrected chi connectivity index (χ3v) is 12.0. The quantitative estimate of drug-likeness (QED) is 0.211. The summed E-state index contributed by atoms with van der Waals surface area (Å²) in [5.74, 6) is -0.948. The minimum Gasteiger partial charge on any atom is -0.307 e. The molecular formula is C45H51N9O9. The molecule has 0 saturated carbocycles. The maximum atomic E-state index is 14.9. The Morgan fingerprint density at radius 1 is 0.397 bits per heavy atom. The average Bonchev–Trinajstić information content (AvgIpc) is 3.72. The molecule has 7 rings (SSSR count). The van der Waals surface area contributed by atoms with E-state index < -0.39 is 35.2 Å². The first kappa shape index (κ1) is 44.0. The van der Waals surface area contributed by atoms with E-state index >= 15 is 0 Å². The van der Waals surface area contributed by atoms with Gasteiger partial charge in [-0.15, -0.1) is 0 Å². The zero-order valence-electron chi connectivity index (χ0n) is 35.7. The number of imide groups is 3. The van der Waals surface area contributed by atoms with Crippen molar-refractivity contribution in [3.63, 3.8) is 0 Å². The summed E-state index contributed by atoms with van der Waals surface area (Å²) in [5.41, 5.74) is -1.78. The fraction of sp³-hybridized carbons (Fsp3) is 0.400. The Morgan fingerprint density at radius 2 is 0.667 bits per heavy atom. The van der Waals surface area contributed by atoms with Gasteiger partial charge < -0.3 is 16.0 Å². The maximum absolute atomic E-state index is 14.9. The summed E-state index contributed by atoms with van der Waals surface area (Å²) in [6.07, 6.45) is 7.03. The number of benzene rings is 3. The number of carbonyl (C=O) groups excluding carboxylic acids is 6. The third kappa shape index (κ3) is 8.96. The van der Waals surface area contributed by atoms with Crippen molar-refractivity contribution in [2.24, 2.45) is 0 Å². The van der Waals surface area contributed by atoms with E-state index in [1.54, 1.807) is 39.0 Å². The summed E-state index contributed by atoms with van der Waals surface area (Å²) < 4.78 is 2.39. The normalized spacial score (nSPS) is 16.2. The molecule has 3 aliphatic heterocycles. The number of hydrogen-bond acceptors (Lipinski definition) is 9. The van der Waals surface area contributed by atoms with Crippen molar-refractivity contribution in [3.8, 4) is 17.1 Å². The Labute approximate surface area is 362 Å². The molecule has 0 aliphatic carbocycles. The molecule has 0 atom stereocenters. The predicted molar refractivity (Wildman–Crippen MR) is 235 cm³/mol. The Balaban J connectivity index is 1.38. The van der Waals surface area contributed by atoms with Crippen molar-refractivity contribution in [1.82, 2.24) is 28.4 Å². The van der Waals surface area contributed by atoms with Gasteiger partial charge in [-0.05, 0) is 112 Å².